The number of primary amides is 1. The van der Waals surface area contributed by atoms with Gasteiger partial charge in [-0.2, -0.15) is 5.26 Å². The van der Waals surface area contributed by atoms with Crippen molar-refractivity contribution in [3.05, 3.63) is 40.4 Å². The van der Waals surface area contributed by atoms with E-state index in [0.29, 0.717) is 35.5 Å². The Morgan fingerprint density at radius 3 is 2.39 bits per heavy atom. The summed E-state index contributed by atoms with van der Waals surface area (Å²) in [5.41, 5.74) is 5.62. The van der Waals surface area contributed by atoms with Crippen LogP contribution in [0.2, 0.25) is 0 Å². The van der Waals surface area contributed by atoms with Crippen molar-refractivity contribution in [2.24, 2.45) is 11.7 Å². The first kappa shape index (κ1) is 23.3. The largest absolute Gasteiger partial charge is 0.364 e. The molecule has 0 radical (unpaired) electrons. The number of amides is 1. The number of halogens is 2. The van der Waals surface area contributed by atoms with Gasteiger partial charge in [0.2, 0.25) is 15.9 Å². The quantitative estimate of drug-likeness (QED) is 0.684. The van der Waals surface area contributed by atoms with Crippen LogP contribution in [0.1, 0.15) is 38.2 Å². The van der Waals surface area contributed by atoms with Crippen LogP contribution in [-0.4, -0.2) is 42.9 Å². The molecule has 11 heteroatoms. The topological polar surface area (TPSA) is 108 Å². The summed E-state index contributed by atoms with van der Waals surface area (Å²) in [7, 11) is -3.86. The number of sulfonamides is 1. The molecule has 2 aliphatic rings. The lowest BCUT2D eigenvalue weighted by Crippen LogP contribution is -2.49. The van der Waals surface area contributed by atoms with Crippen LogP contribution in [-0.2, 0) is 14.8 Å². The van der Waals surface area contributed by atoms with E-state index in [4.69, 9.17) is 11.0 Å². The molecule has 0 saturated heterocycles. The number of carbonyl (C=O) groups excluding carboxylic acids is 1. The normalized spacial score (nSPS) is 21.8. The third kappa shape index (κ3) is 5.13. The van der Waals surface area contributed by atoms with Crippen molar-refractivity contribution in [1.82, 2.24) is 4.31 Å². The number of hydrogen-bond donors (Lipinski definition) is 1. The summed E-state index contributed by atoms with van der Waals surface area (Å²) in [5, 5.41) is 9.08. The number of carbonyl (C=O) groups is 1. The molecular formula is C20H24F2N4O3S2. The Balaban J connectivity index is 1.99. The van der Waals surface area contributed by atoms with Gasteiger partial charge < -0.3 is 10.6 Å². The molecule has 1 heterocycles. The van der Waals surface area contributed by atoms with Crippen LogP contribution < -0.4 is 10.6 Å². The third-order valence-corrected chi connectivity index (χ3v) is 7.97. The van der Waals surface area contributed by atoms with Crippen LogP contribution in [0.3, 0.4) is 0 Å². The molecule has 0 spiro atoms. The number of rotatable bonds is 6. The zero-order valence-electron chi connectivity index (χ0n) is 17.2. The predicted octanol–water partition coefficient (Wildman–Crippen LogP) is 3.20. The van der Waals surface area contributed by atoms with Crippen molar-refractivity contribution in [1.29, 1.82) is 5.26 Å². The fourth-order valence-electron chi connectivity index (χ4n) is 3.94. The van der Waals surface area contributed by atoms with Crippen molar-refractivity contribution in [2.45, 2.75) is 44.0 Å². The molecule has 3 rings (SSSR count). The van der Waals surface area contributed by atoms with Gasteiger partial charge in [-0.05, 0) is 49.9 Å². The molecule has 0 aromatic heterocycles. The number of hydrogen-bond acceptors (Lipinski definition) is 6. The predicted molar refractivity (Wildman–Crippen MR) is 115 cm³/mol. The molecule has 1 fully saturated rings. The second-order valence-electron chi connectivity index (χ2n) is 7.88. The number of nitrogens with two attached hydrogens (primary N) is 1. The molecule has 1 aliphatic carbocycles. The summed E-state index contributed by atoms with van der Waals surface area (Å²) in [5.74, 6) is -3.60. The monoisotopic (exact) mass is 470 g/mol. The van der Waals surface area contributed by atoms with E-state index < -0.39 is 27.4 Å². The first-order chi connectivity index (χ1) is 14.4. The van der Waals surface area contributed by atoms with E-state index in [2.05, 4.69) is 0 Å². The minimum absolute atomic E-state index is 0.0739. The van der Waals surface area contributed by atoms with E-state index in [1.165, 1.54) is 11.8 Å². The highest BCUT2D eigenvalue weighted by atomic mass is 32.2. The molecule has 7 nitrogen and oxygen atoms in total. The minimum Gasteiger partial charge on any atom is -0.364 e. The lowest BCUT2D eigenvalue weighted by molar-refractivity contribution is -0.115. The van der Waals surface area contributed by atoms with E-state index in [9.17, 15) is 22.0 Å². The molecule has 1 amide bonds. The van der Waals surface area contributed by atoms with Crippen LogP contribution in [0.15, 0.2) is 34.9 Å². The van der Waals surface area contributed by atoms with Gasteiger partial charge in [-0.3, -0.25) is 4.79 Å². The molecule has 31 heavy (non-hydrogen) atoms. The SMILES string of the molecule is CC1=C(C(N)=O)N(S(C)(=O)=O)C(N(CC2CCC(F)(F)CC2)c2ccc(C#N)cc2)S1. The molecule has 0 bridgehead atoms. The number of thioether (sulfide) groups is 1. The smallest absolute Gasteiger partial charge is 0.266 e. The van der Waals surface area contributed by atoms with Gasteiger partial charge in [-0.1, -0.05) is 11.8 Å². The summed E-state index contributed by atoms with van der Waals surface area (Å²) in [6, 6.07) is 8.63. The van der Waals surface area contributed by atoms with Crippen LogP contribution in [0.25, 0.3) is 0 Å². The van der Waals surface area contributed by atoms with E-state index in [-0.39, 0.29) is 24.5 Å². The number of anilines is 1. The Bertz CT molecular complexity index is 1030. The van der Waals surface area contributed by atoms with Gasteiger partial charge in [0.1, 0.15) is 5.70 Å². The highest BCUT2D eigenvalue weighted by Crippen LogP contribution is 2.44. The molecule has 1 aromatic rings. The molecule has 168 valence electrons. The number of nitrogens with zero attached hydrogens (tertiary/aromatic N) is 3. The van der Waals surface area contributed by atoms with Gasteiger partial charge in [0.05, 0.1) is 17.9 Å². The molecular weight excluding hydrogens is 446 g/mol. The van der Waals surface area contributed by atoms with Crippen LogP contribution in [0.4, 0.5) is 14.5 Å². The Kier molecular flexibility index (Phi) is 6.53. The van der Waals surface area contributed by atoms with Crippen molar-refractivity contribution >= 4 is 33.4 Å². The summed E-state index contributed by atoms with van der Waals surface area (Å²) in [6.07, 6.45) is 1.20. The van der Waals surface area contributed by atoms with Gasteiger partial charge in [0.25, 0.3) is 5.91 Å². The second kappa shape index (κ2) is 8.67. The van der Waals surface area contributed by atoms with E-state index in [1.807, 2.05) is 6.07 Å². The fraction of sp³-hybridized carbons (Fsp3) is 0.500. The Hall–Kier alpha value is -2.32. The first-order valence-electron chi connectivity index (χ1n) is 9.74. The minimum atomic E-state index is -3.86. The third-order valence-electron chi connectivity index (χ3n) is 5.51. The lowest BCUT2D eigenvalue weighted by atomic mass is 9.86. The Morgan fingerprint density at radius 2 is 1.90 bits per heavy atom. The maximum absolute atomic E-state index is 13.6. The number of nitriles is 1. The average molecular weight is 471 g/mol. The van der Waals surface area contributed by atoms with Gasteiger partial charge in [0.15, 0.2) is 5.50 Å². The molecule has 1 unspecified atom stereocenters. The lowest BCUT2D eigenvalue weighted by Gasteiger charge is -2.40. The van der Waals surface area contributed by atoms with Crippen molar-refractivity contribution in [3.63, 3.8) is 0 Å². The van der Waals surface area contributed by atoms with Gasteiger partial charge in [0, 0.05) is 30.0 Å². The van der Waals surface area contributed by atoms with Crippen LogP contribution in [0.5, 0.6) is 0 Å². The Labute approximate surface area is 184 Å². The number of benzene rings is 1. The number of alkyl halides is 2. The van der Waals surface area contributed by atoms with Crippen molar-refractivity contribution in [3.8, 4) is 6.07 Å². The van der Waals surface area contributed by atoms with E-state index in [1.54, 1.807) is 36.1 Å². The number of allylic oxidation sites excluding steroid dienone is 1. The zero-order valence-corrected chi connectivity index (χ0v) is 18.8. The second-order valence-corrected chi connectivity index (χ2v) is 11.0. The van der Waals surface area contributed by atoms with Crippen LogP contribution in [0, 0.1) is 17.2 Å². The highest BCUT2D eigenvalue weighted by molar-refractivity contribution is 8.04. The molecule has 2 N–H and O–H groups in total. The van der Waals surface area contributed by atoms with Crippen LogP contribution >= 0.6 is 11.8 Å². The van der Waals surface area contributed by atoms with E-state index >= 15 is 0 Å². The zero-order chi connectivity index (χ0) is 23.0. The fourth-order valence-corrected chi connectivity index (χ4v) is 6.76. The van der Waals surface area contributed by atoms with Gasteiger partial charge >= 0.3 is 0 Å². The highest BCUT2D eigenvalue weighted by Gasteiger charge is 2.44. The molecule has 1 saturated carbocycles. The van der Waals surface area contributed by atoms with Crippen molar-refractivity contribution in [2.75, 3.05) is 17.7 Å². The standard InChI is InChI=1S/C20H24F2N4O3S2/c1-13-17(18(24)27)26(31(2,28)29)19(30-13)25(16-5-3-14(11-23)4-6-16)12-15-7-9-20(21,22)10-8-15/h3-6,15,19H,7-10,12H2,1-2H3,(H2,24,27). The summed E-state index contributed by atoms with van der Waals surface area (Å²) in [6.45, 7) is 1.95. The summed E-state index contributed by atoms with van der Waals surface area (Å²) in [4.78, 5) is 14.3. The molecule has 1 atom stereocenters. The summed E-state index contributed by atoms with van der Waals surface area (Å²) < 4.78 is 53.5. The molecule has 1 aromatic carbocycles. The maximum Gasteiger partial charge on any atom is 0.266 e. The molecule has 1 aliphatic heterocycles. The summed E-state index contributed by atoms with van der Waals surface area (Å²) >= 11 is 1.18. The first-order valence-corrected chi connectivity index (χ1v) is 12.5. The van der Waals surface area contributed by atoms with Gasteiger partial charge in [-0.15, -0.1) is 0 Å². The average Bonchev–Trinajstić information content (AvgIpc) is 3.05. The maximum atomic E-state index is 13.6. The van der Waals surface area contributed by atoms with Crippen molar-refractivity contribution < 1.29 is 22.0 Å². The van der Waals surface area contributed by atoms with E-state index in [0.717, 1.165) is 10.6 Å². The van der Waals surface area contributed by atoms with Gasteiger partial charge in [-0.25, -0.2) is 21.5 Å². The Morgan fingerprint density at radius 1 is 1.32 bits per heavy atom.